The van der Waals surface area contributed by atoms with Crippen LogP contribution in [-0.4, -0.2) is 31.5 Å². The van der Waals surface area contributed by atoms with Crippen LogP contribution in [0, 0.1) is 3.57 Å². The molecule has 1 rings (SSSR count). The number of pyridine rings is 1. The quantitative estimate of drug-likeness (QED) is 0.583. The molecule has 1 aromatic rings. The minimum Gasteiger partial charge on any atom is -0.490 e. The molecule has 0 saturated carbocycles. The van der Waals surface area contributed by atoms with E-state index in [0.29, 0.717) is 9.13 Å². The standard InChI is InChI=1S/C10H9F3INO4/c1-17-6(16)3-5-4-15-9(19-10(11,12)13)8(18-2)7(5)14/h4H,3H2,1-2H3. The lowest BCUT2D eigenvalue weighted by Crippen LogP contribution is -2.19. The summed E-state index contributed by atoms with van der Waals surface area (Å²) in [6.07, 6.45) is -3.88. The lowest BCUT2D eigenvalue weighted by Gasteiger charge is -2.14. The molecule has 0 amide bonds. The molecule has 106 valence electrons. The zero-order valence-electron chi connectivity index (χ0n) is 9.88. The maximum absolute atomic E-state index is 12.2. The predicted molar refractivity (Wildman–Crippen MR) is 65.9 cm³/mol. The van der Waals surface area contributed by atoms with Gasteiger partial charge in [-0.3, -0.25) is 4.79 Å². The molecule has 0 aromatic carbocycles. The Labute approximate surface area is 120 Å². The van der Waals surface area contributed by atoms with E-state index < -0.39 is 18.2 Å². The van der Waals surface area contributed by atoms with Gasteiger partial charge in [0.05, 0.1) is 24.2 Å². The molecule has 0 aliphatic carbocycles. The first kappa shape index (κ1) is 15.8. The number of esters is 1. The molecule has 0 N–H and O–H groups in total. The van der Waals surface area contributed by atoms with Crippen LogP contribution in [0.4, 0.5) is 13.2 Å². The van der Waals surface area contributed by atoms with Crippen molar-refractivity contribution in [2.75, 3.05) is 14.2 Å². The normalized spacial score (nSPS) is 11.1. The Morgan fingerprint density at radius 1 is 1.42 bits per heavy atom. The van der Waals surface area contributed by atoms with E-state index in [4.69, 9.17) is 4.74 Å². The fraction of sp³-hybridized carbons (Fsp3) is 0.400. The van der Waals surface area contributed by atoms with Gasteiger partial charge in [0, 0.05) is 6.20 Å². The number of alkyl halides is 3. The minimum atomic E-state index is -4.87. The van der Waals surface area contributed by atoms with Crippen molar-refractivity contribution in [1.29, 1.82) is 0 Å². The Hall–Kier alpha value is -1.26. The van der Waals surface area contributed by atoms with E-state index in [2.05, 4.69) is 14.5 Å². The van der Waals surface area contributed by atoms with E-state index in [1.54, 1.807) is 22.6 Å². The van der Waals surface area contributed by atoms with E-state index in [-0.39, 0.29) is 12.2 Å². The number of carbonyl (C=O) groups excluding carboxylic acids is 1. The average molecular weight is 391 g/mol. The Balaban J connectivity index is 3.12. The summed E-state index contributed by atoms with van der Waals surface area (Å²) in [6.45, 7) is 0. The van der Waals surface area contributed by atoms with Crippen molar-refractivity contribution in [2.24, 2.45) is 0 Å². The summed E-state index contributed by atoms with van der Waals surface area (Å²) in [4.78, 5) is 14.6. The molecule has 9 heteroatoms. The van der Waals surface area contributed by atoms with Gasteiger partial charge < -0.3 is 14.2 Å². The van der Waals surface area contributed by atoms with Crippen LogP contribution < -0.4 is 9.47 Å². The van der Waals surface area contributed by atoms with Crippen molar-refractivity contribution < 1.29 is 32.2 Å². The summed E-state index contributed by atoms with van der Waals surface area (Å²) >= 11 is 1.75. The molecule has 0 aliphatic rings. The summed E-state index contributed by atoms with van der Waals surface area (Å²) in [6, 6.07) is 0. The van der Waals surface area contributed by atoms with Crippen LogP contribution in [0.25, 0.3) is 0 Å². The van der Waals surface area contributed by atoms with Crippen LogP contribution >= 0.6 is 22.6 Å². The molecular weight excluding hydrogens is 382 g/mol. The lowest BCUT2D eigenvalue weighted by molar-refractivity contribution is -0.276. The van der Waals surface area contributed by atoms with Gasteiger partial charge in [-0.15, -0.1) is 13.2 Å². The summed E-state index contributed by atoms with van der Waals surface area (Å²) in [5.41, 5.74) is 0.388. The van der Waals surface area contributed by atoms with Crippen LogP contribution in [-0.2, 0) is 16.0 Å². The van der Waals surface area contributed by atoms with Gasteiger partial charge in [-0.1, -0.05) is 0 Å². The molecule has 0 aliphatic heterocycles. The van der Waals surface area contributed by atoms with Gasteiger partial charge in [-0.05, 0) is 28.2 Å². The highest BCUT2D eigenvalue weighted by Gasteiger charge is 2.34. The molecule has 0 unspecified atom stereocenters. The van der Waals surface area contributed by atoms with E-state index in [9.17, 15) is 18.0 Å². The monoisotopic (exact) mass is 391 g/mol. The van der Waals surface area contributed by atoms with Crippen LogP contribution in [0.2, 0.25) is 0 Å². The van der Waals surface area contributed by atoms with Crippen molar-refractivity contribution in [1.82, 2.24) is 4.98 Å². The van der Waals surface area contributed by atoms with E-state index in [0.717, 1.165) is 6.20 Å². The number of hydrogen-bond acceptors (Lipinski definition) is 5. The Kier molecular flexibility index (Phi) is 5.20. The van der Waals surface area contributed by atoms with Crippen LogP contribution in [0.5, 0.6) is 11.6 Å². The molecule has 0 spiro atoms. The fourth-order valence-electron chi connectivity index (χ4n) is 1.20. The van der Waals surface area contributed by atoms with Crippen molar-refractivity contribution in [2.45, 2.75) is 12.8 Å². The van der Waals surface area contributed by atoms with Crippen molar-refractivity contribution in [3.05, 3.63) is 15.3 Å². The van der Waals surface area contributed by atoms with Gasteiger partial charge in [0.1, 0.15) is 0 Å². The number of hydrogen-bond donors (Lipinski definition) is 0. The molecule has 0 saturated heterocycles. The number of ether oxygens (including phenoxy) is 3. The number of methoxy groups -OCH3 is 2. The van der Waals surface area contributed by atoms with E-state index >= 15 is 0 Å². The average Bonchev–Trinajstić information content (AvgIpc) is 2.31. The number of rotatable bonds is 4. The van der Waals surface area contributed by atoms with E-state index in [1.807, 2.05) is 0 Å². The Morgan fingerprint density at radius 3 is 2.53 bits per heavy atom. The van der Waals surface area contributed by atoms with Gasteiger partial charge in [0.25, 0.3) is 5.88 Å². The molecular formula is C10H9F3INO4. The smallest absolute Gasteiger partial charge is 0.490 e. The zero-order chi connectivity index (χ0) is 14.6. The highest BCUT2D eigenvalue weighted by molar-refractivity contribution is 14.1. The summed E-state index contributed by atoms with van der Waals surface area (Å²) in [5.74, 6) is -1.42. The first-order valence-corrected chi connectivity index (χ1v) is 5.90. The zero-order valence-corrected chi connectivity index (χ0v) is 12.0. The summed E-state index contributed by atoms with van der Waals surface area (Å²) in [5, 5.41) is 0. The maximum Gasteiger partial charge on any atom is 0.574 e. The SMILES string of the molecule is COC(=O)Cc1cnc(OC(F)(F)F)c(OC)c1I. The van der Waals surface area contributed by atoms with Gasteiger partial charge in [-0.2, -0.15) is 0 Å². The third-order valence-corrected chi connectivity index (χ3v) is 3.17. The second-order valence-electron chi connectivity index (χ2n) is 3.24. The molecule has 1 heterocycles. The Bertz CT molecular complexity index is 479. The highest BCUT2D eigenvalue weighted by Crippen LogP contribution is 2.35. The fourth-order valence-corrected chi connectivity index (χ4v) is 1.98. The second kappa shape index (κ2) is 6.26. The lowest BCUT2D eigenvalue weighted by atomic mass is 10.2. The first-order valence-electron chi connectivity index (χ1n) is 4.82. The largest absolute Gasteiger partial charge is 0.574 e. The third-order valence-electron chi connectivity index (χ3n) is 1.99. The predicted octanol–water partition coefficient (Wildman–Crippen LogP) is 2.31. The molecule has 5 nitrogen and oxygen atoms in total. The maximum atomic E-state index is 12.2. The molecule has 0 fully saturated rings. The van der Waals surface area contributed by atoms with Crippen LogP contribution in [0.1, 0.15) is 5.56 Å². The molecule has 19 heavy (non-hydrogen) atoms. The molecule has 0 atom stereocenters. The van der Waals surface area contributed by atoms with Gasteiger partial charge in [-0.25, -0.2) is 4.98 Å². The summed E-state index contributed by atoms with van der Waals surface area (Å²) in [7, 11) is 2.39. The third kappa shape index (κ3) is 4.40. The molecule has 1 aromatic heterocycles. The first-order chi connectivity index (χ1) is 8.78. The van der Waals surface area contributed by atoms with E-state index in [1.165, 1.54) is 14.2 Å². The molecule has 0 bridgehead atoms. The molecule has 0 radical (unpaired) electrons. The summed E-state index contributed by atoms with van der Waals surface area (Å²) < 4.78 is 49.8. The second-order valence-corrected chi connectivity index (χ2v) is 4.32. The Morgan fingerprint density at radius 2 is 2.05 bits per heavy atom. The number of carbonyl (C=O) groups is 1. The minimum absolute atomic E-state index is 0.121. The highest BCUT2D eigenvalue weighted by atomic mass is 127. The number of nitrogens with zero attached hydrogens (tertiary/aromatic N) is 1. The van der Waals surface area contributed by atoms with Crippen LogP contribution in [0.3, 0.4) is 0 Å². The van der Waals surface area contributed by atoms with Gasteiger partial charge in [0.2, 0.25) is 0 Å². The number of aromatic nitrogens is 1. The van der Waals surface area contributed by atoms with Crippen molar-refractivity contribution in [3.8, 4) is 11.6 Å². The number of halogens is 4. The topological polar surface area (TPSA) is 57.7 Å². The van der Waals surface area contributed by atoms with Crippen molar-refractivity contribution >= 4 is 28.6 Å². The van der Waals surface area contributed by atoms with Crippen molar-refractivity contribution in [3.63, 3.8) is 0 Å². The van der Waals surface area contributed by atoms with Gasteiger partial charge >= 0.3 is 12.3 Å². The van der Waals surface area contributed by atoms with Gasteiger partial charge in [0.15, 0.2) is 5.75 Å². The van der Waals surface area contributed by atoms with Crippen LogP contribution in [0.15, 0.2) is 6.20 Å².